The van der Waals surface area contributed by atoms with Crippen LogP contribution in [-0.2, 0) is 4.79 Å². The number of nitrogens with zero attached hydrogens (tertiary/aromatic N) is 1. The maximum Gasteiger partial charge on any atom is 0.341 e. The Morgan fingerprint density at radius 3 is 2.62 bits per heavy atom. The fourth-order valence-electron chi connectivity index (χ4n) is 1.29. The molecule has 0 unspecified atom stereocenters. The molecule has 114 valence electrons. The molecule has 9 heteroatoms. The molecular weight excluding hydrogens is 426 g/mol. The number of benzene rings is 1. The van der Waals surface area contributed by atoms with Crippen LogP contribution in [0.15, 0.2) is 26.2 Å². The SMILES string of the molecule is CCNC(=S)NN=Cc1cc(Br)c(OCC(=O)O)c(Br)c1. The van der Waals surface area contributed by atoms with Crippen molar-refractivity contribution in [3.8, 4) is 5.75 Å². The van der Waals surface area contributed by atoms with Crippen molar-refractivity contribution in [1.29, 1.82) is 0 Å². The molecule has 0 aliphatic heterocycles. The van der Waals surface area contributed by atoms with Gasteiger partial charge in [-0.1, -0.05) is 0 Å². The summed E-state index contributed by atoms with van der Waals surface area (Å²) in [5.41, 5.74) is 3.46. The highest BCUT2D eigenvalue weighted by Gasteiger charge is 2.10. The van der Waals surface area contributed by atoms with Crippen LogP contribution in [0, 0.1) is 0 Å². The van der Waals surface area contributed by atoms with Gasteiger partial charge in [-0.05, 0) is 68.7 Å². The van der Waals surface area contributed by atoms with Crippen LogP contribution >= 0.6 is 44.1 Å². The minimum absolute atomic E-state index is 0.414. The Labute approximate surface area is 144 Å². The highest BCUT2D eigenvalue weighted by atomic mass is 79.9. The second-order valence-electron chi connectivity index (χ2n) is 3.73. The summed E-state index contributed by atoms with van der Waals surface area (Å²) in [5, 5.41) is 16.0. The van der Waals surface area contributed by atoms with Gasteiger partial charge in [-0.25, -0.2) is 4.79 Å². The molecule has 0 spiro atoms. The average Bonchev–Trinajstić information content (AvgIpc) is 2.37. The highest BCUT2D eigenvalue weighted by Crippen LogP contribution is 2.34. The van der Waals surface area contributed by atoms with Gasteiger partial charge in [0.05, 0.1) is 15.2 Å². The van der Waals surface area contributed by atoms with E-state index in [4.69, 9.17) is 22.1 Å². The van der Waals surface area contributed by atoms with Crippen LogP contribution < -0.4 is 15.5 Å². The Morgan fingerprint density at radius 1 is 1.48 bits per heavy atom. The van der Waals surface area contributed by atoms with Gasteiger partial charge in [-0.2, -0.15) is 5.10 Å². The third kappa shape index (κ3) is 6.40. The van der Waals surface area contributed by atoms with Crippen molar-refractivity contribution < 1.29 is 14.6 Å². The standard InChI is InChI=1S/C12H13Br2N3O3S/c1-2-15-12(21)17-16-5-7-3-8(13)11(9(14)4-7)20-6-10(18)19/h3-5H,2,6H2,1H3,(H,18,19)(H2,15,17,21). The Bertz CT molecular complexity index is 544. The molecule has 0 aliphatic rings. The largest absolute Gasteiger partial charge is 0.480 e. The number of aliphatic carboxylic acids is 1. The van der Waals surface area contributed by atoms with Gasteiger partial charge in [-0.15, -0.1) is 0 Å². The van der Waals surface area contributed by atoms with E-state index in [0.29, 0.717) is 26.4 Å². The normalized spacial score (nSPS) is 10.4. The lowest BCUT2D eigenvalue weighted by Crippen LogP contribution is -2.31. The van der Waals surface area contributed by atoms with Crippen molar-refractivity contribution >= 4 is 61.4 Å². The van der Waals surface area contributed by atoms with Crippen LogP contribution in [0.3, 0.4) is 0 Å². The molecule has 21 heavy (non-hydrogen) atoms. The van der Waals surface area contributed by atoms with E-state index >= 15 is 0 Å². The van der Waals surface area contributed by atoms with Crippen molar-refractivity contribution in [2.24, 2.45) is 5.10 Å². The number of ether oxygens (including phenoxy) is 1. The molecule has 0 saturated heterocycles. The van der Waals surface area contributed by atoms with E-state index in [1.165, 1.54) is 0 Å². The van der Waals surface area contributed by atoms with Gasteiger partial charge in [0.1, 0.15) is 5.75 Å². The lowest BCUT2D eigenvalue weighted by Gasteiger charge is -2.09. The van der Waals surface area contributed by atoms with E-state index < -0.39 is 12.6 Å². The van der Waals surface area contributed by atoms with Crippen molar-refractivity contribution in [2.75, 3.05) is 13.2 Å². The number of rotatable bonds is 6. The van der Waals surface area contributed by atoms with Gasteiger partial charge in [-0.3, -0.25) is 5.43 Å². The molecule has 0 aromatic heterocycles. The molecule has 0 saturated carbocycles. The first kappa shape index (κ1) is 17.9. The third-order valence-corrected chi connectivity index (χ3v) is 3.49. The zero-order chi connectivity index (χ0) is 15.8. The first-order valence-electron chi connectivity index (χ1n) is 5.84. The molecule has 1 rings (SSSR count). The van der Waals surface area contributed by atoms with E-state index in [-0.39, 0.29) is 0 Å². The molecule has 1 aromatic carbocycles. The number of halogens is 2. The average molecular weight is 439 g/mol. The Morgan fingerprint density at radius 2 is 2.10 bits per heavy atom. The summed E-state index contributed by atoms with van der Waals surface area (Å²) in [6.07, 6.45) is 1.58. The molecule has 0 heterocycles. The quantitative estimate of drug-likeness (QED) is 0.359. The van der Waals surface area contributed by atoms with Crippen LogP contribution in [0.25, 0.3) is 0 Å². The van der Waals surface area contributed by atoms with Crippen molar-refractivity contribution in [3.05, 3.63) is 26.6 Å². The highest BCUT2D eigenvalue weighted by molar-refractivity contribution is 9.11. The summed E-state index contributed by atoms with van der Waals surface area (Å²) in [5.74, 6) is -0.619. The molecule has 0 amide bonds. The molecule has 0 fully saturated rings. The lowest BCUT2D eigenvalue weighted by molar-refractivity contribution is -0.139. The van der Waals surface area contributed by atoms with Crippen LogP contribution in [0.1, 0.15) is 12.5 Å². The zero-order valence-corrected chi connectivity index (χ0v) is 15.0. The molecule has 0 aliphatic carbocycles. The monoisotopic (exact) mass is 437 g/mol. The van der Waals surface area contributed by atoms with E-state index in [9.17, 15) is 4.79 Å². The second-order valence-corrected chi connectivity index (χ2v) is 5.84. The number of hydrazone groups is 1. The fourth-order valence-corrected chi connectivity index (χ4v) is 2.94. The van der Waals surface area contributed by atoms with E-state index in [1.807, 2.05) is 6.92 Å². The third-order valence-electron chi connectivity index (χ3n) is 2.08. The van der Waals surface area contributed by atoms with Crippen molar-refractivity contribution in [2.45, 2.75) is 6.92 Å². The minimum Gasteiger partial charge on any atom is -0.480 e. The summed E-state index contributed by atoms with van der Waals surface area (Å²) in [6, 6.07) is 3.51. The van der Waals surface area contributed by atoms with Crippen LogP contribution in [0.4, 0.5) is 0 Å². The molecule has 0 radical (unpaired) electrons. The number of thiocarbonyl (C=S) groups is 1. The van der Waals surface area contributed by atoms with Gasteiger partial charge in [0.2, 0.25) is 0 Å². The van der Waals surface area contributed by atoms with Crippen molar-refractivity contribution in [3.63, 3.8) is 0 Å². The Balaban J connectivity index is 2.76. The Hall–Kier alpha value is -1.19. The first-order valence-corrected chi connectivity index (χ1v) is 7.84. The molecule has 3 N–H and O–H groups in total. The molecule has 6 nitrogen and oxygen atoms in total. The van der Waals surface area contributed by atoms with Gasteiger partial charge < -0.3 is 15.2 Å². The first-order chi connectivity index (χ1) is 9.93. The van der Waals surface area contributed by atoms with Crippen LogP contribution in [0.2, 0.25) is 0 Å². The summed E-state index contributed by atoms with van der Waals surface area (Å²) in [4.78, 5) is 10.5. The topological polar surface area (TPSA) is 83.0 Å². The molecule has 0 bridgehead atoms. The maximum absolute atomic E-state index is 10.5. The number of hydrogen-bond donors (Lipinski definition) is 3. The molecule has 0 atom stereocenters. The molecular formula is C12H13Br2N3O3S. The number of carbonyl (C=O) groups is 1. The zero-order valence-electron chi connectivity index (χ0n) is 11.0. The number of carboxylic acids is 1. The summed E-state index contributed by atoms with van der Waals surface area (Å²) < 4.78 is 6.41. The number of nitrogens with one attached hydrogen (secondary N) is 2. The predicted molar refractivity (Wildman–Crippen MR) is 92.0 cm³/mol. The maximum atomic E-state index is 10.5. The summed E-state index contributed by atoms with van der Waals surface area (Å²) in [6.45, 7) is 2.24. The second kappa shape index (κ2) is 8.96. The van der Waals surface area contributed by atoms with E-state index in [0.717, 1.165) is 5.56 Å². The Kier molecular flexibility index (Phi) is 7.62. The molecule has 1 aromatic rings. The van der Waals surface area contributed by atoms with Gasteiger partial charge in [0.15, 0.2) is 11.7 Å². The lowest BCUT2D eigenvalue weighted by atomic mass is 10.2. The summed E-state index contributed by atoms with van der Waals surface area (Å²) >= 11 is 11.6. The van der Waals surface area contributed by atoms with E-state index in [2.05, 4.69) is 47.7 Å². The van der Waals surface area contributed by atoms with Crippen LogP contribution in [0.5, 0.6) is 5.75 Å². The predicted octanol–water partition coefficient (Wildman–Crippen LogP) is 2.49. The van der Waals surface area contributed by atoms with E-state index in [1.54, 1.807) is 18.3 Å². The van der Waals surface area contributed by atoms with Crippen LogP contribution in [-0.4, -0.2) is 35.6 Å². The van der Waals surface area contributed by atoms with Gasteiger partial charge >= 0.3 is 5.97 Å². The van der Waals surface area contributed by atoms with Crippen molar-refractivity contribution in [1.82, 2.24) is 10.7 Å². The van der Waals surface area contributed by atoms with Gasteiger partial charge in [0.25, 0.3) is 0 Å². The number of carboxylic acid groups (broad SMARTS) is 1. The smallest absolute Gasteiger partial charge is 0.341 e. The van der Waals surface area contributed by atoms with Gasteiger partial charge in [0, 0.05) is 6.54 Å². The number of hydrogen-bond acceptors (Lipinski definition) is 4. The fraction of sp³-hybridized carbons (Fsp3) is 0.250. The minimum atomic E-state index is -1.04. The summed E-state index contributed by atoms with van der Waals surface area (Å²) in [7, 11) is 0.